The van der Waals surface area contributed by atoms with Crippen LogP contribution < -0.4 is 21.2 Å². The van der Waals surface area contributed by atoms with Gasteiger partial charge in [0.05, 0.1) is 0 Å². The van der Waals surface area contributed by atoms with Gasteiger partial charge in [0.15, 0.2) is 0 Å². The monoisotopic (exact) mass is 485 g/mol. The fourth-order valence-electron chi connectivity index (χ4n) is 3.37. The predicted octanol–water partition coefficient (Wildman–Crippen LogP) is 5.40. The zero-order chi connectivity index (χ0) is 23.6. The van der Waals surface area contributed by atoms with Crippen molar-refractivity contribution in [3.63, 3.8) is 0 Å². The minimum Gasteiger partial charge on any atom is -0.353 e. The molecule has 0 spiro atoms. The third kappa shape index (κ3) is 4.74. The summed E-state index contributed by atoms with van der Waals surface area (Å²) in [6.07, 6.45) is 0. The zero-order valence-corrected chi connectivity index (χ0v) is 19.4. The predicted molar refractivity (Wildman–Crippen MR) is 128 cm³/mol. The van der Waals surface area contributed by atoms with E-state index >= 15 is 0 Å². The van der Waals surface area contributed by atoms with Crippen molar-refractivity contribution in [3.8, 4) is 0 Å². The molecule has 1 N–H and O–H groups in total. The Morgan fingerprint density at radius 3 is 1.24 bits per heavy atom. The Kier molecular flexibility index (Phi) is 6.45. The van der Waals surface area contributed by atoms with Crippen LogP contribution in [0, 0.1) is 24.4 Å². The SMILES string of the molecule is Cc1ccc(P(O)(=NP(=O)(c2ccc(F)cc2)c2ccc(F)cc2)c2ccc(F)cc2)cc1. The van der Waals surface area contributed by atoms with Gasteiger partial charge in [-0.1, -0.05) is 29.8 Å². The smallest absolute Gasteiger partial charge is 0.248 e. The van der Waals surface area contributed by atoms with Crippen molar-refractivity contribution in [3.05, 3.63) is 120 Å². The maximum atomic E-state index is 14.5. The molecule has 0 saturated heterocycles. The second kappa shape index (κ2) is 9.15. The third-order valence-corrected chi connectivity index (χ3v) is 11.3. The summed E-state index contributed by atoms with van der Waals surface area (Å²) in [6.45, 7) is 1.89. The van der Waals surface area contributed by atoms with E-state index in [1.807, 2.05) is 6.92 Å². The summed E-state index contributed by atoms with van der Waals surface area (Å²) in [5.74, 6) is -1.53. The largest absolute Gasteiger partial charge is 0.353 e. The maximum Gasteiger partial charge on any atom is 0.248 e. The second-order valence-corrected chi connectivity index (χ2v) is 12.7. The second-order valence-electron chi connectivity index (χ2n) is 7.53. The molecule has 168 valence electrons. The molecule has 0 radical (unpaired) electrons. The van der Waals surface area contributed by atoms with Crippen LogP contribution in [0.3, 0.4) is 0 Å². The minimum absolute atomic E-state index is 0.183. The van der Waals surface area contributed by atoms with Crippen LogP contribution in [0.25, 0.3) is 0 Å². The molecule has 1 unspecified atom stereocenters. The number of hydrogen-bond donors (Lipinski definition) is 1. The molecule has 0 aliphatic carbocycles. The van der Waals surface area contributed by atoms with E-state index in [1.54, 1.807) is 24.3 Å². The standard InChI is InChI=1S/C25H20F3NO2P2/c1-18-2-10-22(11-3-18)32(30,23-12-4-19(26)5-13-23)29-33(31,24-14-6-20(27)7-15-24)25-16-8-21(28)9-17-25/h2-17,30H,1H3. The first-order valence-electron chi connectivity index (χ1n) is 10.0. The average Bonchev–Trinajstić information content (AvgIpc) is 2.80. The molecule has 4 aromatic carbocycles. The average molecular weight is 485 g/mol. The van der Waals surface area contributed by atoms with Crippen LogP contribution in [0.4, 0.5) is 13.2 Å². The van der Waals surface area contributed by atoms with E-state index in [-0.39, 0.29) is 10.6 Å². The van der Waals surface area contributed by atoms with Crippen molar-refractivity contribution in [2.24, 2.45) is 4.52 Å². The van der Waals surface area contributed by atoms with Crippen LogP contribution in [0.5, 0.6) is 0 Å². The molecular formula is C25H20F3NO2P2. The summed E-state index contributed by atoms with van der Waals surface area (Å²) in [5.41, 5.74) is 0.949. The van der Waals surface area contributed by atoms with E-state index in [4.69, 9.17) is 0 Å². The van der Waals surface area contributed by atoms with E-state index in [0.29, 0.717) is 10.6 Å². The van der Waals surface area contributed by atoms with Crippen LogP contribution >= 0.6 is 14.6 Å². The van der Waals surface area contributed by atoms with Gasteiger partial charge in [0.2, 0.25) is 7.29 Å². The van der Waals surface area contributed by atoms with Gasteiger partial charge in [0.25, 0.3) is 0 Å². The molecule has 0 fully saturated rings. The van der Waals surface area contributed by atoms with Crippen molar-refractivity contribution < 1.29 is 22.6 Å². The zero-order valence-electron chi connectivity index (χ0n) is 17.6. The summed E-state index contributed by atoms with van der Waals surface area (Å²) in [7, 11) is -7.62. The fraction of sp³-hybridized carbons (Fsp3) is 0.0400. The van der Waals surface area contributed by atoms with Gasteiger partial charge in [-0.05, 0) is 79.7 Å². The summed E-state index contributed by atoms with van der Waals surface area (Å²) in [5, 5.41) is 1.09. The van der Waals surface area contributed by atoms with Gasteiger partial charge in [-0.2, -0.15) is 0 Å². The first kappa shape index (κ1) is 23.3. The van der Waals surface area contributed by atoms with Gasteiger partial charge in [-0.3, -0.25) is 4.57 Å². The van der Waals surface area contributed by atoms with E-state index in [0.717, 1.165) is 29.8 Å². The molecule has 8 heteroatoms. The van der Waals surface area contributed by atoms with Crippen molar-refractivity contribution in [2.45, 2.75) is 6.92 Å². The first-order valence-corrected chi connectivity index (χ1v) is 13.4. The van der Waals surface area contributed by atoms with Gasteiger partial charge in [-0.25, -0.2) is 17.7 Å². The highest BCUT2D eigenvalue weighted by atomic mass is 31.2. The lowest BCUT2D eigenvalue weighted by Crippen LogP contribution is -2.20. The molecule has 3 nitrogen and oxygen atoms in total. The van der Waals surface area contributed by atoms with E-state index in [9.17, 15) is 22.6 Å². The van der Waals surface area contributed by atoms with Gasteiger partial charge < -0.3 is 4.89 Å². The highest BCUT2D eigenvalue weighted by Crippen LogP contribution is 2.57. The molecule has 4 aromatic rings. The van der Waals surface area contributed by atoms with Gasteiger partial charge in [0, 0.05) is 21.2 Å². The third-order valence-electron chi connectivity index (χ3n) is 5.19. The van der Waals surface area contributed by atoms with E-state index in [1.165, 1.54) is 48.5 Å². The Bertz CT molecular complexity index is 1270. The lowest BCUT2D eigenvalue weighted by molar-refractivity contribution is 0.586. The molecular weight excluding hydrogens is 465 g/mol. The molecule has 4 rings (SSSR count). The number of hydrogen-bond acceptors (Lipinski definition) is 1. The number of aryl methyl sites for hydroxylation is 1. The summed E-state index contributed by atoms with van der Waals surface area (Å²) in [6, 6.07) is 22.2. The van der Waals surface area contributed by atoms with Crippen molar-refractivity contribution in [2.75, 3.05) is 0 Å². The maximum absolute atomic E-state index is 14.5. The lowest BCUT2D eigenvalue weighted by atomic mass is 10.2. The molecule has 0 saturated carbocycles. The Labute approximate surface area is 190 Å². The molecule has 0 aliphatic rings. The highest BCUT2D eigenvalue weighted by molar-refractivity contribution is 7.87. The van der Waals surface area contributed by atoms with E-state index in [2.05, 4.69) is 4.52 Å². The molecule has 0 heterocycles. The van der Waals surface area contributed by atoms with Crippen LogP contribution in [-0.2, 0) is 4.57 Å². The fourth-order valence-corrected chi connectivity index (χ4v) is 9.32. The normalized spacial score (nSPS) is 13.4. The van der Waals surface area contributed by atoms with Crippen LogP contribution in [0.1, 0.15) is 5.56 Å². The molecule has 0 aliphatic heterocycles. The van der Waals surface area contributed by atoms with Crippen LogP contribution in [0.15, 0.2) is 102 Å². The minimum atomic E-state index is -3.94. The van der Waals surface area contributed by atoms with Crippen molar-refractivity contribution in [1.82, 2.24) is 0 Å². The summed E-state index contributed by atoms with van der Waals surface area (Å²) < 4.78 is 60.0. The van der Waals surface area contributed by atoms with Crippen LogP contribution in [-0.4, -0.2) is 4.89 Å². The van der Waals surface area contributed by atoms with Crippen molar-refractivity contribution >= 4 is 35.8 Å². The molecule has 0 aromatic heterocycles. The topological polar surface area (TPSA) is 49.7 Å². The highest BCUT2D eigenvalue weighted by Gasteiger charge is 2.33. The van der Waals surface area contributed by atoms with E-state index < -0.39 is 32.0 Å². The number of benzene rings is 4. The van der Waals surface area contributed by atoms with Crippen LogP contribution in [0.2, 0.25) is 0 Å². The Morgan fingerprint density at radius 1 is 0.576 bits per heavy atom. The molecule has 0 amide bonds. The number of halogens is 3. The Balaban J connectivity index is 2.06. The lowest BCUT2D eigenvalue weighted by Gasteiger charge is -2.24. The summed E-state index contributed by atoms with van der Waals surface area (Å²) in [4.78, 5) is 12.0. The molecule has 0 bridgehead atoms. The van der Waals surface area contributed by atoms with Gasteiger partial charge in [0.1, 0.15) is 24.7 Å². The number of nitrogens with zero attached hydrogens (tertiary/aromatic N) is 1. The van der Waals surface area contributed by atoms with Gasteiger partial charge in [-0.15, -0.1) is 0 Å². The summed E-state index contributed by atoms with van der Waals surface area (Å²) >= 11 is 0. The molecule has 33 heavy (non-hydrogen) atoms. The Morgan fingerprint density at radius 2 is 0.879 bits per heavy atom. The first-order chi connectivity index (χ1) is 15.7. The van der Waals surface area contributed by atoms with Gasteiger partial charge >= 0.3 is 0 Å². The number of rotatable bonds is 5. The quantitative estimate of drug-likeness (QED) is 0.385. The van der Waals surface area contributed by atoms with Crippen molar-refractivity contribution in [1.29, 1.82) is 0 Å². The Hall–Kier alpha value is -2.91. The molecule has 1 atom stereocenters.